The van der Waals surface area contributed by atoms with Crippen molar-refractivity contribution in [3.8, 4) is 17.0 Å². The molecule has 1 fully saturated rings. The van der Waals surface area contributed by atoms with Crippen LogP contribution < -0.4 is 20.3 Å². The number of nitrogens with two attached hydrogens (primary N) is 1. The van der Waals surface area contributed by atoms with Gasteiger partial charge in [-0.2, -0.15) is 10.1 Å². The van der Waals surface area contributed by atoms with Crippen LogP contribution in [0.5, 0.6) is 5.75 Å². The van der Waals surface area contributed by atoms with E-state index in [-0.39, 0.29) is 0 Å². The third-order valence-electron chi connectivity index (χ3n) is 5.99. The van der Waals surface area contributed by atoms with Crippen LogP contribution in [0.25, 0.3) is 22.3 Å². The van der Waals surface area contributed by atoms with E-state index in [4.69, 9.17) is 38.7 Å². The first-order chi connectivity index (χ1) is 16.4. The maximum absolute atomic E-state index is 15.0. The summed E-state index contributed by atoms with van der Waals surface area (Å²) in [4.78, 5) is 13.7. The number of anilines is 3. The zero-order chi connectivity index (χ0) is 24.0. The van der Waals surface area contributed by atoms with E-state index in [0.29, 0.717) is 62.9 Å². The summed E-state index contributed by atoms with van der Waals surface area (Å²) in [5, 5.41) is 5.99. The predicted octanol–water partition coefficient (Wildman–Crippen LogP) is 4.39. The fourth-order valence-corrected chi connectivity index (χ4v) is 4.39. The lowest BCUT2D eigenvalue weighted by Gasteiger charge is -2.36. The second-order valence-corrected chi connectivity index (χ2v) is 8.81. The Morgan fingerprint density at radius 2 is 1.71 bits per heavy atom. The van der Waals surface area contributed by atoms with Crippen molar-refractivity contribution in [3.63, 3.8) is 0 Å². The molecule has 11 heteroatoms. The normalized spacial score (nSPS) is 14.1. The molecule has 0 amide bonds. The Morgan fingerprint density at radius 1 is 0.971 bits per heavy atom. The number of aromatic nitrogens is 4. The molecule has 2 aromatic carbocycles. The number of hydrogen-bond donors (Lipinski definition) is 1. The second-order valence-electron chi connectivity index (χ2n) is 8.00. The van der Waals surface area contributed by atoms with Crippen molar-refractivity contribution in [3.05, 3.63) is 52.3 Å². The van der Waals surface area contributed by atoms with Crippen LogP contribution in [-0.4, -0.2) is 53.0 Å². The molecular formula is C23H22Cl2FN7O. The number of rotatable bonds is 4. The highest BCUT2D eigenvalue weighted by Crippen LogP contribution is 2.35. The highest BCUT2D eigenvalue weighted by Gasteiger charge is 2.24. The van der Waals surface area contributed by atoms with Crippen molar-refractivity contribution < 1.29 is 9.13 Å². The third kappa shape index (κ3) is 3.95. The van der Waals surface area contributed by atoms with E-state index in [9.17, 15) is 0 Å². The van der Waals surface area contributed by atoms with E-state index in [1.807, 2.05) is 12.1 Å². The summed E-state index contributed by atoms with van der Waals surface area (Å²) in [6.45, 7) is 2.79. The minimum Gasteiger partial charge on any atom is -0.497 e. The number of benzene rings is 2. The Hall–Kier alpha value is -3.30. The molecule has 0 unspecified atom stereocenters. The molecule has 2 N–H and O–H groups in total. The standard InChI is InChI=1S/C23H22Cl2FN7O/c1-31-21(27)19-20(15-5-4-14(34-2)12-18(15)26)28-23(29-22(19)30-31)33-9-7-32(8-10-33)13-3-6-16(24)17(25)11-13/h3-6,11-12H,7-10,27H2,1-2H3. The van der Waals surface area contributed by atoms with Gasteiger partial charge in [-0.25, -0.2) is 9.37 Å². The number of methoxy groups -OCH3 is 1. The summed E-state index contributed by atoms with van der Waals surface area (Å²) >= 11 is 12.2. The minimum absolute atomic E-state index is 0.309. The van der Waals surface area contributed by atoms with Gasteiger partial charge in [-0.1, -0.05) is 23.2 Å². The first-order valence-electron chi connectivity index (χ1n) is 10.6. The fourth-order valence-electron chi connectivity index (χ4n) is 4.10. The van der Waals surface area contributed by atoms with Crippen LogP contribution in [-0.2, 0) is 7.05 Å². The van der Waals surface area contributed by atoms with Gasteiger partial charge < -0.3 is 20.3 Å². The minimum atomic E-state index is -0.460. The lowest BCUT2D eigenvalue weighted by Crippen LogP contribution is -2.47. The van der Waals surface area contributed by atoms with Crippen LogP contribution in [0.2, 0.25) is 10.0 Å². The van der Waals surface area contributed by atoms with E-state index in [1.54, 1.807) is 25.2 Å². The summed E-state index contributed by atoms with van der Waals surface area (Å²) in [5.41, 5.74) is 8.38. The number of fused-ring (bicyclic) bond motifs is 1. The van der Waals surface area contributed by atoms with Crippen LogP contribution in [0, 0.1) is 5.82 Å². The summed E-state index contributed by atoms with van der Waals surface area (Å²) in [7, 11) is 3.22. The van der Waals surface area contributed by atoms with Gasteiger partial charge in [-0.3, -0.25) is 4.68 Å². The number of aryl methyl sites for hydroxylation is 1. The maximum Gasteiger partial charge on any atom is 0.228 e. The molecule has 0 atom stereocenters. The molecule has 8 nitrogen and oxygen atoms in total. The van der Waals surface area contributed by atoms with Gasteiger partial charge in [0, 0.05) is 50.5 Å². The second kappa shape index (κ2) is 8.81. The fraction of sp³-hybridized carbons (Fsp3) is 0.261. The van der Waals surface area contributed by atoms with E-state index in [0.717, 1.165) is 18.8 Å². The van der Waals surface area contributed by atoms with Gasteiger partial charge in [0.1, 0.15) is 17.4 Å². The van der Waals surface area contributed by atoms with Gasteiger partial charge >= 0.3 is 0 Å². The summed E-state index contributed by atoms with van der Waals surface area (Å²) in [5.74, 6) is 0.808. The summed E-state index contributed by atoms with van der Waals surface area (Å²) in [6, 6.07) is 10.3. The molecule has 1 aliphatic heterocycles. The topological polar surface area (TPSA) is 85.3 Å². The average molecular weight is 502 g/mol. The Bertz CT molecular complexity index is 1390. The molecule has 34 heavy (non-hydrogen) atoms. The zero-order valence-corrected chi connectivity index (χ0v) is 20.1. The molecule has 1 saturated heterocycles. The molecule has 0 bridgehead atoms. The molecule has 0 saturated carbocycles. The highest BCUT2D eigenvalue weighted by molar-refractivity contribution is 6.42. The first kappa shape index (κ1) is 22.5. The lowest BCUT2D eigenvalue weighted by atomic mass is 10.1. The Labute approximate surface area is 205 Å². The Balaban J connectivity index is 1.49. The van der Waals surface area contributed by atoms with E-state index in [2.05, 4.69) is 19.9 Å². The average Bonchev–Trinajstić information content (AvgIpc) is 3.13. The van der Waals surface area contributed by atoms with E-state index in [1.165, 1.54) is 17.9 Å². The van der Waals surface area contributed by atoms with Crippen LogP contribution in [0.3, 0.4) is 0 Å². The largest absolute Gasteiger partial charge is 0.497 e. The number of hydrogen-bond acceptors (Lipinski definition) is 7. The number of halogens is 3. The molecule has 5 rings (SSSR count). The maximum atomic E-state index is 15.0. The molecule has 1 aliphatic rings. The van der Waals surface area contributed by atoms with Gasteiger partial charge in [0.2, 0.25) is 5.95 Å². The van der Waals surface area contributed by atoms with Gasteiger partial charge in [0.15, 0.2) is 5.65 Å². The quantitative estimate of drug-likeness (QED) is 0.443. The van der Waals surface area contributed by atoms with Gasteiger partial charge in [0.05, 0.1) is 28.2 Å². The van der Waals surface area contributed by atoms with Crippen molar-refractivity contribution in [1.29, 1.82) is 0 Å². The Morgan fingerprint density at radius 3 is 2.38 bits per heavy atom. The van der Waals surface area contributed by atoms with Crippen molar-refractivity contribution in [1.82, 2.24) is 19.7 Å². The third-order valence-corrected chi connectivity index (χ3v) is 6.73. The van der Waals surface area contributed by atoms with Gasteiger partial charge in [-0.05, 0) is 30.3 Å². The monoisotopic (exact) mass is 501 g/mol. The first-order valence-corrected chi connectivity index (χ1v) is 11.4. The van der Waals surface area contributed by atoms with E-state index < -0.39 is 5.82 Å². The molecule has 4 aromatic rings. The van der Waals surface area contributed by atoms with E-state index >= 15 is 4.39 Å². The van der Waals surface area contributed by atoms with Crippen molar-refractivity contribution in [2.75, 3.05) is 48.8 Å². The number of nitrogen functional groups attached to an aromatic ring is 1. The molecule has 0 aliphatic carbocycles. The van der Waals surface area contributed by atoms with Crippen LogP contribution in [0.4, 0.5) is 21.8 Å². The molecule has 3 heterocycles. The SMILES string of the molecule is COc1ccc(-c2nc(N3CCN(c4ccc(Cl)c(Cl)c4)CC3)nc3nn(C)c(N)c23)c(F)c1. The molecule has 2 aromatic heterocycles. The number of nitrogens with zero attached hydrogens (tertiary/aromatic N) is 6. The van der Waals surface area contributed by atoms with Gasteiger partial charge in [0.25, 0.3) is 0 Å². The predicted molar refractivity (Wildman–Crippen MR) is 134 cm³/mol. The van der Waals surface area contributed by atoms with Crippen LogP contribution >= 0.6 is 23.2 Å². The highest BCUT2D eigenvalue weighted by atomic mass is 35.5. The van der Waals surface area contributed by atoms with Crippen molar-refractivity contribution >= 4 is 51.7 Å². The summed E-state index contributed by atoms with van der Waals surface area (Å²) in [6.07, 6.45) is 0. The molecule has 176 valence electrons. The van der Waals surface area contributed by atoms with Crippen molar-refractivity contribution in [2.24, 2.45) is 7.05 Å². The molecule has 0 spiro atoms. The smallest absolute Gasteiger partial charge is 0.228 e. The van der Waals surface area contributed by atoms with Gasteiger partial charge in [-0.15, -0.1) is 0 Å². The zero-order valence-electron chi connectivity index (χ0n) is 18.6. The lowest BCUT2D eigenvalue weighted by molar-refractivity contribution is 0.411. The number of ether oxygens (including phenoxy) is 1. The molecule has 0 radical (unpaired) electrons. The van der Waals surface area contributed by atoms with Crippen molar-refractivity contribution in [2.45, 2.75) is 0 Å². The molecular weight excluding hydrogens is 480 g/mol. The van der Waals surface area contributed by atoms with Crippen LogP contribution in [0.1, 0.15) is 0 Å². The summed E-state index contributed by atoms with van der Waals surface area (Å²) < 4.78 is 21.7. The number of piperazine rings is 1. The Kier molecular flexibility index (Phi) is 5.83. The van der Waals surface area contributed by atoms with Crippen LogP contribution in [0.15, 0.2) is 36.4 Å².